The zero-order valence-corrected chi connectivity index (χ0v) is 15.8. The second-order valence-electron chi connectivity index (χ2n) is 6.12. The van der Waals surface area contributed by atoms with E-state index >= 15 is 0 Å². The van der Waals surface area contributed by atoms with Gasteiger partial charge in [-0.3, -0.25) is 28.8 Å². The molecule has 5 amide bonds. The van der Waals surface area contributed by atoms with Crippen molar-refractivity contribution in [3.8, 4) is 0 Å². The van der Waals surface area contributed by atoms with Crippen LogP contribution >= 0.6 is 0 Å². The zero-order valence-electron chi connectivity index (χ0n) is 15.8. The molecule has 0 aromatic heterocycles. The van der Waals surface area contributed by atoms with Crippen molar-refractivity contribution in [2.45, 2.75) is 43.8 Å². The number of amides is 5. The number of carboxylic acids is 2. The lowest BCUT2D eigenvalue weighted by Crippen LogP contribution is -2.55. The number of hydrogen-bond donors (Lipinski definition) is 8. The van der Waals surface area contributed by atoms with Crippen LogP contribution in [-0.4, -0.2) is 76.4 Å². The number of hydrogen-bond acceptors (Lipinski definition) is 8. The smallest absolute Gasteiger partial charge is 0.326 e. The van der Waals surface area contributed by atoms with Gasteiger partial charge in [0.25, 0.3) is 0 Å². The molecular formula is C15H24N6O9. The molecule has 0 radical (unpaired) electrons. The summed E-state index contributed by atoms with van der Waals surface area (Å²) in [4.78, 5) is 79.4. The average Bonchev–Trinajstić information content (AvgIpc) is 2.61. The van der Waals surface area contributed by atoms with E-state index in [0.717, 1.165) is 0 Å². The van der Waals surface area contributed by atoms with Crippen LogP contribution in [0.15, 0.2) is 0 Å². The molecular weight excluding hydrogens is 408 g/mol. The second-order valence-corrected chi connectivity index (χ2v) is 6.12. The normalized spacial score (nSPS) is 13.2. The van der Waals surface area contributed by atoms with Gasteiger partial charge in [0.15, 0.2) is 0 Å². The van der Waals surface area contributed by atoms with Crippen molar-refractivity contribution in [1.82, 2.24) is 16.0 Å². The number of aliphatic carboxylic acids is 2. The minimum atomic E-state index is -1.70. The molecule has 0 aromatic carbocycles. The van der Waals surface area contributed by atoms with E-state index in [1.807, 2.05) is 5.32 Å². The van der Waals surface area contributed by atoms with Gasteiger partial charge < -0.3 is 43.4 Å². The van der Waals surface area contributed by atoms with Crippen molar-refractivity contribution >= 4 is 41.5 Å². The number of carbonyl (C=O) groups excluding carboxylic acids is 5. The van der Waals surface area contributed by atoms with Crippen molar-refractivity contribution in [1.29, 1.82) is 0 Å². The Hall–Kier alpha value is -3.75. The van der Waals surface area contributed by atoms with E-state index in [9.17, 15) is 33.6 Å². The lowest BCUT2D eigenvalue weighted by atomic mass is 10.1. The van der Waals surface area contributed by atoms with Gasteiger partial charge in [0, 0.05) is 6.42 Å². The fraction of sp³-hybridized carbons (Fsp3) is 0.533. The Kier molecular flexibility index (Phi) is 11.1. The number of nitrogens with two attached hydrogens (primary N) is 3. The first-order chi connectivity index (χ1) is 13.8. The molecule has 15 heteroatoms. The quantitative estimate of drug-likeness (QED) is 0.129. The SMILES string of the molecule is NC(=O)CC(NC(=O)C(CC(N)=O)NC(=O)CNC(=O)C(N)CCC(=O)O)C(=O)O. The first-order valence-electron chi connectivity index (χ1n) is 8.47. The van der Waals surface area contributed by atoms with Crippen molar-refractivity contribution in [3.63, 3.8) is 0 Å². The molecule has 3 unspecified atom stereocenters. The summed E-state index contributed by atoms with van der Waals surface area (Å²) in [5, 5.41) is 23.7. The minimum absolute atomic E-state index is 0.175. The molecule has 3 atom stereocenters. The fourth-order valence-corrected chi connectivity index (χ4v) is 2.04. The molecule has 0 rings (SSSR count). The molecule has 0 spiro atoms. The van der Waals surface area contributed by atoms with Crippen LogP contribution in [0.3, 0.4) is 0 Å². The Morgan fingerprint density at radius 1 is 0.800 bits per heavy atom. The fourth-order valence-electron chi connectivity index (χ4n) is 2.04. The van der Waals surface area contributed by atoms with Gasteiger partial charge >= 0.3 is 11.9 Å². The van der Waals surface area contributed by atoms with Crippen LogP contribution in [0.5, 0.6) is 0 Å². The van der Waals surface area contributed by atoms with Crippen molar-refractivity contribution in [2.24, 2.45) is 17.2 Å². The van der Waals surface area contributed by atoms with E-state index in [0.29, 0.717) is 0 Å². The van der Waals surface area contributed by atoms with Crippen LogP contribution in [0.2, 0.25) is 0 Å². The lowest BCUT2D eigenvalue weighted by molar-refractivity contribution is -0.144. The number of primary amides is 2. The van der Waals surface area contributed by atoms with Crippen LogP contribution in [0.4, 0.5) is 0 Å². The van der Waals surface area contributed by atoms with Crippen LogP contribution < -0.4 is 33.2 Å². The molecule has 0 aliphatic rings. The highest BCUT2D eigenvalue weighted by Crippen LogP contribution is 1.98. The van der Waals surface area contributed by atoms with E-state index in [-0.39, 0.29) is 12.8 Å². The van der Waals surface area contributed by atoms with E-state index in [4.69, 9.17) is 27.4 Å². The second kappa shape index (κ2) is 12.7. The number of carbonyl (C=O) groups is 7. The van der Waals surface area contributed by atoms with Gasteiger partial charge in [-0.05, 0) is 6.42 Å². The standard InChI is InChI=1S/C15H24N6O9/c16-6(1-2-12(25)26)13(27)19-5-11(24)20-7(3-9(17)22)14(28)21-8(15(29)30)4-10(18)23/h6-8H,1-5,16H2,(H2,17,22)(H2,18,23)(H,19,27)(H,20,24)(H,21,28)(H,25,26)(H,29,30). The van der Waals surface area contributed by atoms with E-state index < -0.39 is 79.0 Å². The maximum Gasteiger partial charge on any atom is 0.326 e. The highest BCUT2D eigenvalue weighted by atomic mass is 16.4. The zero-order chi connectivity index (χ0) is 23.4. The maximum atomic E-state index is 12.2. The molecule has 0 aliphatic heterocycles. The Morgan fingerprint density at radius 2 is 1.33 bits per heavy atom. The first kappa shape index (κ1) is 26.2. The molecule has 0 saturated heterocycles. The molecule has 11 N–H and O–H groups in total. The van der Waals surface area contributed by atoms with Gasteiger partial charge in [0.05, 0.1) is 25.4 Å². The summed E-state index contributed by atoms with van der Waals surface area (Å²) in [5.74, 6) is -7.65. The summed E-state index contributed by atoms with van der Waals surface area (Å²) in [5.41, 5.74) is 15.4. The molecule has 0 aromatic rings. The lowest BCUT2D eigenvalue weighted by Gasteiger charge is -2.20. The molecule has 0 fully saturated rings. The molecule has 30 heavy (non-hydrogen) atoms. The van der Waals surface area contributed by atoms with Gasteiger partial charge in [-0.25, -0.2) is 4.79 Å². The largest absolute Gasteiger partial charge is 0.481 e. The predicted molar refractivity (Wildman–Crippen MR) is 97.0 cm³/mol. The predicted octanol–water partition coefficient (Wildman–Crippen LogP) is -4.90. The van der Waals surface area contributed by atoms with Crippen molar-refractivity contribution in [3.05, 3.63) is 0 Å². The average molecular weight is 432 g/mol. The summed E-state index contributed by atoms with van der Waals surface area (Å²) in [7, 11) is 0. The maximum absolute atomic E-state index is 12.2. The Labute approximate surface area is 169 Å². The van der Waals surface area contributed by atoms with Gasteiger partial charge in [-0.2, -0.15) is 0 Å². The van der Waals surface area contributed by atoms with E-state index in [1.165, 1.54) is 0 Å². The molecule has 168 valence electrons. The number of rotatable bonds is 14. The van der Waals surface area contributed by atoms with Crippen LogP contribution in [-0.2, 0) is 33.6 Å². The summed E-state index contributed by atoms with van der Waals surface area (Å²) in [6, 6.07) is -4.49. The van der Waals surface area contributed by atoms with Gasteiger partial charge in [0.1, 0.15) is 12.1 Å². The Balaban J connectivity index is 4.89. The number of nitrogens with one attached hydrogen (secondary N) is 3. The molecule has 0 saturated carbocycles. The molecule has 0 heterocycles. The van der Waals surface area contributed by atoms with Crippen LogP contribution in [0.25, 0.3) is 0 Å². The molecule has 15 nitrogen and oxygen atoms in total. The van der Waals surface area contributed by atoms with Crippen LogP contribution in [0, 0.1) is 0 Å². The summed E-state index contributed by atoms with van der Waals surface area (Å²) >= 11 is 0. The summed E-state index contributed by atoms with van der Waals surface area (Å²) in [6.07, 6.45) is -1.97. The summed E-state index contributed by atoms with van der Waals surface area (Å²) < 4.78 is 0. The van der Waals surface area contributed by atoms with E-state index in [1.54, 1.807) is 0 Å². The van der Waals surface area contributed by atoms with Crippen molar-refractivity contribution < 1.29 is 43.8 Å². The Morgan fingerprint density at radius 3 is 1.80 bits per heavy atom. The third kappa shape index (κ3) is 11.2. The van der Waals surface area contributed by atoms with Crippen molar-refractivity contribution in [2.75, 3.05) is 6.54 Å². The Bertz CT molecular complexity index is 711. The minimum Gasteiger partial charge on any atom is -0.481 e. The number of carboxylic acid groups (broad SMARTS) is 2. The van der Waals surface area contributed by atoms with E-state index in [2.05, 4.69) is 10.6 Å². The topological polar surface area (TPSA) is 274 Å². The third-order valence-electron chi connectivity index (χ3n) is 3.51. The highest BCUT2D eigenvalue weighted by molar-refractivity contribution is 5.95. The summed E-state index contributed by atoms with van der Waals surface area (Å²) in [6.45, 7) is -0.675. The van der Waals surface area contributed by atoms with Crippen LogP contribution in [0.1, 0.15) is 25.7 Å². The molecule has 0 bridgehead atoms. The van der Waals surface area contributed by atoms with Gasteiger partial charge in [-0.1, -0.05) is 0 Å². The van der Waals surface area contributed by atoms with Gasteiger partial charge in [0.2, 0.25) is 29.5 Å². The van der Waals surface area contributed by atoms with Gasteiger partial charge in [-0.15, -0.1) is 0 Å². The first-order valence-corrected chi connectivity index (χ1v) is 8.47. The molecule has 0 aliphatic carbocycles. The third-order valence-corrected chi connectivity index (χ3v) is 3.51. The monoisotopic (exact) mass is 432 g/mol. The highest BCUT2D eigenvalue weighted by Gasteiger charge is 2.29.